The number of nitrogen functional groups attached to an aromatic ring is 1. The van der Waals surface area contributed by atoms with Crippen molar-refractivity contribution in [2.75, 3.05) is 7.11 Å². The van der Waals surface area contributed by atoms with E-state index in [4.69, 9.17) is 27.5 Å². The molecule has 0 spiro atoms. The van der Waals surface area contributed by atoms with E-state index in [0.717, 1.165) is 22.0 Å². The van der Waals surface area contributed by atoms with Crippen LogP contribution in [0.1, 0.15) is 11.1 Å². The highest BCUT2D eigenvalue weighted by Crippen LogP contribution is 2.29. The van der Waals surface area contributed by atoms with E-state index in [2.05, 4.69) is 0 Å². The summed E-state index contributed by atoms with van der Waals surface area (Å²) in [5.41, 5.74) is 7.10. The SMILES string of the molecule is COc1cccc(SCc2ccc(C(=N)N)cc2Cl)c1. The second-order valence-corrected chi connectivity index (χ2v) is 5.64. The average Bonchev–Trinajstić information content (AvgIpc) is 2.46. The van der Waals surface area contributed by atoms with E-state index in [1.54, 1.807) is 24.9 Å². The van der Waals surface area contributed by atoms with Crippen LogP contribution in [-0.4, -0.2) is 12.9 Å². The van der Waals surface area contributed by atoms with Crippen molar-refractivity contribution < 1.29 is 4.74 Å². The van der Waals surface area contributed by atoms with Gasteiger partial charge in [0, 0.05) is 21.2 Å². The summed E-state index contributed by atoms with van der Waals surface area (Å²) in [5.74, 6) is 1.62. The van der Waals surface area contributed by atoms with Gasteiger partial charge in [0.25, 0.3) is 0 Å². The maximum absolute atomic E-state index is 7.38. The summed E-state index contributed by atoms with van der Waals surface area (Å²) >= 11 is 7.89. The van der Waals surface area contributed by atoms with Crippen LogP contribution in [0.25, 0.3) is 0 Å². The first-order valence-corrected chi connectivity index (χ1v) is 7.36. The molecule has 0 bridgehead atoms. The predicted octanol–water partition coefficient (Wildman–Crippen LogP) is 3.92. The van der Waals surface area contributed by atoms with Crippen LogP contribution in [0.15, 0.2) is 47.4 Å². The molecule has 0 saturated heterocycles. The molecule has 0 saturated carbocycles. The molecule has 3 N–H and O–H groups in total. The lowest BCUT2D eigenvalue weighted by Gasteiger charge is -2.07. The van der Waals surface area contributed by atoms with Crippen molar-refractivity contribution in [2.45, 2.75) is 10.6 Å². The number of benzene rings is 2. The highest BCUT2D eigenvalue weighted by Gasteiger charge is 2.05. The highest BCUT2D eigenvalue weighted by molar-refractivity contribution is 7.98. The summed E-state index contributed by atoms with van der Waals surface area (Å²) < 4.78 is 5.20. The lowest BCUT2D eigenvalue weighted by Crippen LogP contribution is -2.10. The van der Waals surface area contributed by atoms with Crippen LogP contribution in [0.4, 0.5) is 0 Å². The van der Waals surface area contributed by atoms with E-state index >= 15 is 0 Å². The van der Waals surface area contributed by atoms with Crippen molar-refractivity contribution in [1.29, 1.82) is 5.41 Å². The molecule has 0 aliphatic carbocycles. The van der Waals surface area contributed by atoms with Crippen molar-refractivity contribution in [3.05, 3.63) is 58.6 Å². The van der Waals surface area contributed by atoms with Gasteiger partial charge in [-0.05, 0) is 29.8 Å². The van der Waals surface area contributed by atoms with E-state index in [0.29, 0.717) is 10.6 Å². The molecule has 0 heterocycles. The van der Waals surface area contributed by atoms with E-state index in [-0.39, 0.29) is 5.84 Å². The smallest absolute Gasteiger partial charge is 0.122 e. The number of methoxy groups -OCH3 is 1. The minimum absolute atomic E-state index is 0.0268. The minimum atomic E-state index is 0.0268. The van der Waals surface area contributed by atoms with Crippen molar-refractivity contribution >= 4 is 29.2 Å². The summed E-state index contributed by atoms with van der Waals surface area (Å²) in [5, 5.41) is 8.02. The van der Waals surface area contributed by atoms with Gasteiger partial charge in [-0.25, -0.2) is 0 Å². The fourth-order valence-corrected chi connectivity index (χ4v) is 2.96. The van der Waals surface area contributed by atoms with Crippen LogP contribution in [-0.2, 0) is 5.75 Å². The Morgan fingerprint density at radius 1 is 1.30 bits per heavy atom. The topological polar surface area (TPSA) is 59.1 Å². The largest absolute Gasteiger partial charge is 0.497 e. The van der Waals surface area contributed by atoms with Gasteiger partial charge < -0.3 is 10.5 Å². The predicted molar refractivity (Wildman–Crippen MR) is 85.0 cm³/mol. The summed E-state index contributed by atoms with van der Waals surface area (Å²) in [4.78, 5) is 1.12. The standard InChI is InChI=1S/C15H15ClN2OS/c1-19-12-3-2-4-13(8-12)20-9-11-6-5-10(15(17)18)7-14(11)16/h2-8H,9H2,1H3,(H3,17,18). The second-order valence-electron chi connectivity index (χ2n) is 4.19. The lowest BCUT2D eigenvalue weighted by atomic mass is 10.1. The molecule has 2 aromatic rings. The third-order valence-electron chi connectivity index (χ3n) is 2.80. The minimum Gasteiger partial charge on any atom is -0.497 e. The van der Waals surface area contributed by atoms with Crippen molar-refractivity contribution in [3.63, 3.8) is 0 Å². The summed E-state index contributed by atoms with van der Waals surface area (Å²) in [6.45, 7) is 0. The Morgan fingerprint density at radius 2 is 2.10 bits per heavy atom. The molecule has 0 fully saturated rings. The molecular weight excluding hydrogens is 292 g/mol. The number of nitrogens with two attached hydrogens (primary N) is 1. The van der Waals surface area contributed by atoms with Crippen LogP contribution in [0.2, 0.25) is 5.02 Å². The number of rotatable bonds is 5. The van der Waals surface area contributed by atoms with E-state index in [9.17, 15) is 0 Å². The Kier molecular flexibility index (Phi) is 4.93. The highest BCUT2D eigenvalue weighted by atomic mass is 35.5. The average molecular weight is 307 g/mol. The van der Waals surface area contributed by atoms with Crippen LogP contribution < -0.4 is 10.5 Å². The van der Waals surface area contributed by atoms with E-state index in [1.807, 2.05) is 36.4 Å². The summed E-state index contributed by atoms with van der Waals surface area (Å²) in [6, 6.07) is 13.3. The van der Waals surface area contributed by atoms with Crippen molar-refractivity contribution in [3.8, 4) is 5.75 Å². The number of halogens is 1. The molecular formula is C15H15ClN2OS. The Hall–Kier alpha value is -1.65. The molecule has 2 rings (SSSR count). The second kappa shape index (κ2) is 6.68. The Labute approximate surface area is 127 Å². The Morgan fingerprint density at radius 3 is 2.75 bits per heavy atom. The molecule has 3 nitrogen and oxygen atoms in total. The Bertz CT molecular complexity index is 631. The molecule has 0 unspecified atom stereocenters. The monoisotopic (exact) mass is 306 g/mol. The van der Waals surface area contributed by atoms with Gasteiger partial charge in [0.05, 0.1) is 7.11 Å². The number of amidine groups is 1. The summed E-state index contributed by atoms with van der Waals surface area (Å²) in [6.07, 6.45) is 0. The zero-order valence-electron chi connectivity index (χ0n) is 11.0. The van der Waals surface area contributed by atoms with Crippen LogP contribution in [0, 0.1) is 5.41 Å². The molecule has 20 heavy (non-hydrogen) atoms. The first kappa shape index (κ1) is 14.8. The van der Waals surface area contributed by atoms with Gasteiger partial charge in [-0.2, -0.15) is 0 Å². The normalized spacial score (nSPS) is 10.3. The fourth-order valence-electron chi connectivity index (χ4n) is 1.68. The lowest BCUT2D eigenvalue weighted by molar-refractivity contribution is 0.413. The molecule has 2 aromatic carbocycles. The number of hydrogen-bond acceptors (Lipinski definition) is 3. The van der Waals surface area contributed by atoms with Gasteiger partial charge in [0.1, 0.15) is 11.6 Å². The van der Waals surface area contributed by atoms with Crippen molar-refractivity contribution in [2.24, 2.45) is 5.73 Å². The number of thioether (sulfide) groups is 1. The van der Waals surface area contributed by atoms with Gasteiger partial charge in [-0.1, -0.05) is 29.8 Å². The van der Waals surface area contributed by atoms with Crippen LogP contribution >= 0.6 is 23.4 Å². The van der Waals surface area contributed by atoms with E-state index in [1.165, 1.54) is 0 Å². The van der Waals surface area contributed by atoms with Gasteiger partial charge in [-0.3, -0.25) is 5.41 Å². The first-order valence-electron chi connectivity index (χ1n) is 6.00. The molecule has 0 radical (unpaired) electrons. The third kappa shape index (κ3) is 3.68. The molecule has 0 amide bonds. The molecule has 0 aliphatic heterocycles. The first-order chi connectivity index (χ1) is 9.60. The number of hydrogen-bond donors (Lipinski definition) is 2. The molecule has 5 heteroatoms. The quantitative estimate of drug-likeness (QED) is 0.500. The number of nitrogens with one attached hydrogen (secondary N) is 1. The zero-order chi connectivity index (χ0) is 14.5. The van der Waals surface area contributed by atoms with Gasteiger partial charge in [0.15, 0.2) is 0 Å². The van der Waals surface area contributed by atoms with Gasteiger partial charge >= 0.3 is 0 Å². The van der Waals surface area contributed by atoms with E-state index < -0.39 is 0 Å². The van der Waals surface area contributed by atoms with Crippen LogP contribution in [0.5, 0.6) is 5.75 Å². The maximum atomic E-state index is 7.38. The molecule has 104 valence electrons. The van der Waals surface area contributed by atoms with Crippen molar-refractivity contribution in [1.82, 2.24) is 0 Å². The van der Waals surface area contributed by atoms with Gasteiger partial charge in [-0.15, -0.1) is 11.8 Å². The fraction of sp³-hybridized carbons (Fsp3) is 0.133. The van der Waals surface area contributed by atoms with Gasteiger partial charge in [0.2, 0.25) is 0 Å². The zero-order valence-corrected chi connectivity index (χ0v) is 12.6. The molecule has 0 aromatic heterocycles. The van der Waals surface area contributed by atoms with Crippen LogP contribution in [0.3, 0.4) is 0 Å². The number of ether oxygens (including phenoxy) is 1. The Balaban J connectivity index is 2.08. The molecule has 0 atom stereocenters. The molecule has 0 aliphatic rings. The third-order valence-corrected chi connectivity index (χ3v) is 4.19. The summed E-state index contributed by atoms with van der Waals surface area (Å²) in [7, 11) is 1.65. The maximum Gasteiger partial charge on any atom is 0.122 e.